The highest BCUT2D eigenvalue weighted by Gasteiger charge is 2.36. The molecule has 1 aliphatic carbocycles. The van der Waals surface area contributed by atoms with Crippen LogP contribution in [0.15, 0.2) is 0 Å². The largest absolute Gasteiger partial charge is 0.377 e. The van der Waals surface area contributed by atoms with Crippen LogP contribution in [-0.4, -0.2) is 38.3 Å². The van der Waals surface area contributed by atoms with E-state index in [1.54, 1.807) is 7.11 Å². The van der Waals surface area contributed by atoms with Crippen molar-refractivity contribution < 1.29 is 9.53 Å². The van der Waals surface area contributed by atoms with Crippen LogP contribution in [0.4, 0.5) is 0 Å². The maximum absolute atomic E-state index is 11.1. The summed E-state index contributed by atoms with van der Waals surface area (Å²) >= 11 is 0. The van der Waals surface area contributed by atoms with Crippen molar-refractivity contribution in [1.29, 1.82) is 0 Å². The van der Waals surface area contributed by atoms with Crippen molar-refractivity contribution >= 4 is 5.91 Å². The molecule has 1 saturated carbocycles. The van der Waals surface area contributed by atoms with Gasteiger partial charge in [0, 0.05) is 20.2 Å². The highest BCUT2D eigenvalue weighted by atomic mass is 16.5. The van der Waals surface area contributed by atoms with Crippen LogP contribution in [0, 0.1) is 0 Å². The molecule has 14 heavy (non-hydrogen) atoms. The van der Waals surface area contributed by atoms with Gasteiger partial charge in [0.1, 0.15) is 0 Å². The van der Waals surface area contributed by atoms with Gasteiger partial charge < -0.3 is 15.4 Å². The fourth-order valence-corrected chi connectivity index (χ4v) is 1.69. The summed E-state index contributed by atoms with van der Waals surface area (Å²) in [6.45, 7) is 3.77. The van der Waals surface area contributed by atoms with Crippen LogP contribution in [0.1, 0.15) is 26.2 Å². The fourth-order valence-electron chi connectivity index (χ4n) is 1.69. The van der Waals surface area contributed by atoms with E-state index in [-0.39, 0.29) is 11.5 Å². The summed E-state index contributed by atoms with van der Waals surface area (Å²) in [4.78, 5) is 11.1. The number of likely N-dealkylation sites (N-methyl/N-ethyl adjacent to an activating group) is 1. The normalized spacial score (nSPS) is 18.7. The molecule has 0 aromatic rings. The first-order chi connectivity index (χ1) is 6.72. The lowest BCUT2D eigenvalue weighted by Crippen LogP contribution is -2.49. The van der Waals surface area contributed by atoms with E-state index < -0.39 is 0 Å². The summed E-state index contributed by atoms with van der Waals surface area (Å²) in [5.74, 6) is 0.0538. The Morgan fingerprint density at radius 3 is 2.64 bits per heavy atom. The third-order valence-electron chi connectivity index (χ3n) is 2.80. The van der Waals surface area contributed by atoms with Gasteiger partial charge in [0.25, 0.3) is 0 Å². The minimum absolute atomic E-state index is 0.00644. The minimum Gasteiger partial charge on any atom is -0.377 e. The highest BCUT2D eigenvalue weighted by Crippen LogP contribution is 2.34. The molecule has 0 aliphatic heterocycles. The molecule has 1 rings (SSSR count). The number of amides is 1. The quantitative estimate of drug-likeness (QED) is 0.647. The zero-order valence-corrected chi connectivity index (χ0v) is 9.06. The van der Waals surface area contributed by atoms with Gasteiger partial charge in [-0.15, -0.1) is 0 Å². The molecule has 82 valence electrons. The zero-order chi connectivity index (χ0) is 10.4. The number of carbonyl (C=O) groups is 1. The molecule has 0 aromatic heterocycles. The third kappa shape index (κ3) is 2.96. The lowest BCUT2D eigenvalue weighted by molar-refractivity contribution is -0.120. The molecule has 2 N–H and O–H groups in total. The molecule has 0 radical (unpaired) electrons. The Bertz CT molecular complexity index is 185. The molecular formula is C10H20N2O2. The van der Waals surface area contributed by atoms with Gasteiger partial charge >= 0.3 is 0 Å². The van der Waals surface area contributed by atoms with Gasteiger partial charge in [-0.25, -0.2) is 0 Å². The molecule has 0 aromatic carbocycles. The molecule has 1 amide bonds. The monoisotopic (exact) mass is 200 g/mol. The van der Waals surface area contributed by atoms with Crippen molar-refractivity contribution in [3.8, 4) is 0 Å². The molecule has 1 fully saturated rings. The molecule has 0 unspecified atom stereocenters. The first-order valence-electron chi connectivity index (χ1n) is 5.25. The smallest absolute Gasteiger partial charge is 0.233 e. The Morgan fingerprint density at radius 1 is 1.50 bits per heavy atom. The summed E-state index contributed by atoms with van der Waals surface area (Å²) in [6, 6.07) is 0. The molecule has 0 bridgehead atoms. The highest BCUT2D eigenvalue weighted by molar-refractivity contribution is 5.77. The van der Waals surface area contributed by atoms with Gasteiger partial charge in [0.2, 0.25) is 5.91 Å². The second-order valence-electron chi connectivity index (χ2n) is 3.80. The van der Waals surface area contributed by atoms with E-state index in [0.29, 0.717) is 13.1 Å². The van der Waals surface area contributed by atoms with Crippen molar-refractivity contribution in [3.05, 3.63) is 0 Å². The van der Waals surface area contributed by atoms with Gasteiger partial charge in [-0.2, -0.15) is 0 Å². The van der Waals surface area contributed by atoms with Crippen molar-refractivity contribution in [3.63, 3.8) is 0 Å². The first kappa shape index (κ1) is 11.5. The van der Waals surface area contributed by atoms with E-state index >= 15 is 0 Å². The molecule has 1 aliphatic rings. The van der Waals surface area contributed by atoms with Crippen LogP contribution >= 0.6 is 0 Å². The van der Waals surface area contributed by atoms with Crippen LogP contribution in [0.2, 0.25) is 0 Å². The van der Waals surface area contributed by atoms with E-state index in [2.05, 4.69) is 10.6 Å². The maximum atomic E-state index is 11.1. The van der Waals surface area contributed by atoms with Crippen molar-refractivity contribution in [2.75, 3.05) is 26.7 Å². The average Bonchev–Trinajstić information content (AvgIpc) is 2.10. The molecule has 0 heterocycles. The number of carbonyl (C=O) groups excluding carboxylic acids is 1. The van der Waals surface area contributed by atoms with E-state index in [9.17, 15) is 4.79 Å². The molecular weight excluding hydrogens is 180 g/mol. The Hall–Kier alpha value is -0.610. The maximum Gasteiger partial charge on any atom is 0.233 e. The number of hydrogen-bond donors (Lipinski definition) is 2. The van der Waals surface area contributed by atoms with E-state index in [1.165, 1.54) is 6.42 Å². The Morgan fingerprint density at radius 2 is 2.21 bits per heavy atom. The lowest BCUT2D eigenvalue weighted by atomic mass is 9.80. The first-order valence-corrected chi connectivity index (χ1v) is 5.25. The Labute approximate surface area is 85.4 Å². The topological polar surface area (TPSA) is 50.4 Å². The SMILES string of the molecule is CCNC(=O)CNCC1(OC)CCC1. The molecule has 0 spiro atoms. The van der Waals surface area contributed by atoms with E-state index in [4.69, 9.17) is 4.74 Å². The summed E-state index contributed by atoms with van der Waals surface area (Å²) in [7, 11) is 1.74. The van der Waals surface area contributed by atoms with Crippen LogP contribution in [0.5, 0.6) is 0 Å². The predicted molar refractivity (Wildman–Crippen MR) is 55.1 cm³/mol. The zero-order valence-electron chi connectivity index (χ0n) is 9.06. The summed E-state index contributed by atoms with van der Waals surface area (Å²) in [6.07, 6.45) is 3.44. The van der Waals surface area contributed by atoms with Gasteiger partial charge in [-0.3, -0.25) is 4.79 Å². The van der Waals surface area contributed by atoms with E-state index in [0.717, 1.165) is 19.4 Å². The minimum atomic E-state index is 0.00644. The second-order valence-corrected chi connectivity index (χ2v) is 3.80. The van der Waals surface area contributed by atoms with Crippen LogP contribution in [-0.2, 0) is 9.53 Å². The lowest BCUT2D eigenvalue weighted by Gasteiger charge is -2.40. The third-order valence-corrected chi connectivity index (χ3v) is 2.80. The Balaban J connectivity index is 2.11. The molecule has 4 nitrogen and oxygen atoms in total. The van der Waals surface area contributed by atoms with Crippen LogP contribution < -0.4 is 10.6 Å². The van der Waals surface area contributed by atoms with Crippen molar-refractivity contribution in [2.24, 2.45) is 0 Å². The van der Waals surface area contributed by atoms with Gasteiger partial charge in [-0.05, 0) is 26.2 Å². The predicted octanol–water partition coefficient (Wildman–Crippen LogP) is 0.281. The molecule has 0 saturated heterocycles. The van der Waals surface area contributed by atoms with Gasteiger partial charge in [0.05, 0.1) is 12.1 Å². The summed E-state index contributed by atoms with van der Waals surface area (Å²) < 4.78 is 5.42. The molecule has 0 atom stereocenters. The number of hydrogen-bond acceptors (Lipinski definition) is 3. The summed E-state index contributed by atoms with van der Waals surface area (Å²) in [5, 5.41) is 5.87. The Kier molecular flexibility index (Phi) is 4.35. The van der Waals surface area contributed by atoms with E-state index in [1.807, 2.05) is 6.92 Å². The van der Waals surface area contributed by atoms with Crippen molar-refractivity contribution in [2.45, 2.75) is 31.8 Å². The number of rotatable bonds is 6. The number of methoxy groups -OCH3 is 1. The second kappa shape index (κ2) is 5.32. The van der Waals surface area contributed by atoms with Crippen molar-refractivity contribution in [1.82, 2.24) is 10.6 Å². The fraction of sp³-hybridized carbons (Fsp3) is 0.900. The standard InChI is InChI=1S/C10H20N2O2/c1-3-12-9(13)7-11-8-10(14-2)5-4-6-10/h11H,3-8H2,1-2H3,(H,12,13). The number of ether oxygens (including phenoxy) is 1. The van der Waals surface area contributed by atoms with Gasteiger partial charge in [-0.1, -0.05) is 0 Å². The molecule has 4 heteroatoms. The van der Waals surface area contributed by atoms with Crippen LogP contribution in [0.3, 0.4) is 0 Å². The van der Waals surface area contributed by atoms with Gasteiger partial charge in [0.15, 0.2) is 0 Å². The van der Waals surface area contributed by atoms with Crippen LogP contribution in [0.25, 0.3) is 0 Å². The average molecular weight is 200 g/mol. The summed E-state index contributed by atoms with van der Waals surface area (Å²) in [5.41, 5.74) is 0.00644. The number of nitrogens with one attached hydrogen (secondary N) is 2.